The van der Waals surface area contributed by atoms with Crippen molar-refractivity contribution in [3.05, 3.63) is 18.5 Å². The van der Waals surface area contributed by atoms with Crippen molar-refractivity contribution in [1.82, 2.24) is 14.7 Å². The molecule has 5 heteroatoms. The highest BCUT2D eigenvalue weighted by molar-refractivity contribution is 5.76. The molecule has 0 unspecified atom stereocenters. The Bertz CT molecular complexity index is 328. The molecule has 0 atom stereocenters. The van der Waals surface area contributed by atoms with Gasteiger partial charge in [0.25, 0.3) is 0 Å². The summed E-state index contributed by atoms with van der Waals surface area (Å²) in [6, 6.07) is 2.14. The van der Waals surface area contributed by atoms with Crippen molar-refractivity contribution < 1.29 is 4.79 Å². The van der Waals surface area contributed by atoms with Crippen LogP contribution in [-0.4, -0.2) is 39.7 Å². The Kier molecular flexibility index (Phi) is 3.56. The second-order valence-electron chi connectivity index (χ2n) is 4.24. The van der Waals surface area contributed by atoms with Gasteiger partial charge in [0.1, 0.15) is 0 Å². The smallest absolute Gasteiger partial charge is 0.224 e. The predicted molar refractivity (Wildman–Crippen MR) is 60.6 cm³/mol. The molecule has 2 N–H and O–H groups in total. The lowest BCUT2D eigenvalue weighted by molar-refractivity contribution is -0.132. The molecule has 5 nitrogen and oxygen atoms in total. The average Bonchev–Trinajstić information content (AvgIpc) is 2.80. The number of piperidine rings is 1. The van der Waals surface area contributed by atoms with E-state index < -0.39 is 0 Å². The molecular formula is C11H18N4O. The summed E-state index contributed by atoms with van der Waals surface area (Å²) < 4.78 is 1.79. The quantitative estimate of drug-likeness (QED) is 0.796. The summed E-state index contributed by atoms with van der Waals surface area (Å²) in [5.41, 5.74) is 5.80. The fourth-order valence-corrected chi connectivity index (χ4v) is 1.95. The van der Waals surface area contributed by atoms with Crippen molar-refractivity contribution in [1.29, 1.82) is 0 Å². The number of amides is 1. The molecular weight excluding hydrogens is 204 g/mol. The van der Waals surface area contributed by atoms with E-state index in [0.29, 0.717) is 13.0 Å². The van der Waals surface area contributed by atoms with Gasteiger partial charge in [-0.2, -0.15) is 5.10 Å². The average molecular weight is 222 g/mol. The molecule has 1 aromatic rings. The number of rotatable bonds is 3. The van der Waals surface area contributed by atoms with Crippen molar-refractivity contribution in [3.63, 3.8) is 0 Å². The third-order valence-corrected chi connectivity index (χ3v) is 3.01. The summed E-state index contributed by atoms with van der Waals surface area (Å²) in [5, 5.41) is 4.07. The Balaban J connectivity index is 1.75. The van der Waals surface area contributed by atoms with Crippen LogP contribution in [0.4, 0.5) is 0 Å². The summed E-state index contributed by atoms with van der Waals surface area (Å²) in [6.45, 7) is 2.27. The molecule has 0 aromatic carbocycles. The predicted octanol–water partition coefficient (Wildman–Crippen LogP) is 0.223. The van der Waals surface area contributed by atoms with Crippen LogP contribution in [0, 0.1) is 0 Å². The third-order valence-electron chi connectivity index (χ3n) is 3.01. The Morgan fingerprint density at radius 1 is 1.44 bits per heavy atom. The summed E-state index contributed by atoms with van der Waals surface area (Å²) in [5.74, 6) is 0.211. The zero-order valence-electron chi connectivity index (χ0n) is 9.38. The van der Waals surface area contributed by atoms with Crippen LogP contribution in [0.25, 0.3) is 0 Å². The van der Waals surface area contributed by atoms with Gasteiger partial charge in [-0.25, -0.2) is 0 Å². The Labute approximate surface area is 95.2 Å². The zero-order valence-corrected chi connectivity index (χ0v) is 9.38. The van der Waals surface area contributed by atoms with Gasteiger partial charge in [-0.3, -0.25) is 9.48 Å². The lowest BCUT2D eigenvalue weighted by Gasteiger charge is -2.30. The maximum absolute atomic E-state index is 11.8. The number of nitrogens with zero attached hydrogens (tertiary/aromatic N) is 3. The molecule has 1 amide bonds. The maximum Gasteiger partial charge on any atom is 0.224 e. The van der Waals surface area contributed by atoms with Crippen molar-refractivity contribution in [3.8, 4) is 0 Å². The van der Waals surface area contributed by atoms with E-state index in [0.717, 1.165) is 25.9 Å². The standard InChI is InChI=1S/C11H18N4O/c12-10-2-7-14(8-3-10)11(16)4-9-15-6-1-5-13-15/h1,5-6,10H,2-4,7-9,12H2. The largest absolute Gasteiger partial charge is 0.343 e. The summed E-state index contributed by atoms with van der Waals surface area (Å²) in [6.07, 6.45) is 5.97. The fourth-order valence-electron chi connectivity index (χ4n) is 1.95. The number of carbonyl (C=O) groups is 1. The fraction of sp³-hybridized carbons (Fsp3) is 0.636. The van der Waals surface area contributed by atoms with Crippen molar-refractivity contribution in [2.24, 2.45) is 5.73 Å². The number of aromatic nitrogens is 2. The number of hydrogen-bond donors (Lipinski definition) is 1. The minimum absolute atomic E-state index is 0.211. The van der Waals surface area contributed by atoms with E-state index in [9.17, 15) is 4.79 Å². The van der Waals surface area contributed by atoms with Crippen LogP contribution in [0.3, 0.4) is 0 Å². The molecule has 1 aliphatic rings. The molecule has 0 saturated carbocycles. The Morgan fingerprint density at radius 3 is 2.81 bits per heavy atom. The Hall–Kier alpha value is -1.36. The van der Waals surface area contributed by atoms with Crippen LogP contribution in [0.2, 0.25) is 0 Å². The summed E-state index contributed by atoms with van der Waals surface area (Å²) in [7, 11) is 0. The first-order chi connectivity index (χ1) is 7.75. The first-order valence-electron chi connectivity index (χ1n) is 5.76. The SMILES string of the molecule is NC1CCN(C(=O)CCn2cccn2)CC1. The normalized spacial score (nSPS) is 17.7. The van der Waals surface area contributed by atoms with Gasteiger partial charge in [-0.15, -0.1) is 0 Å². The van der Waals surface area contributed by atoms with E-state index >= 15 is 0 Å². The van der Waals surface area contributed by atoms with Crippen LogP contribution in [0.5, 0.6) is 0 Å². The van der Waals surface area contributed by atoms with Gasteiger partial charge in [0.05, 0.1) is 0 Å². The van der Waals surface area contributed by atoms with E-state index in [2.05, 4.69) is 5.10 Å². The molecule has 1 aromatic heterocycles. The highest BCUT2D eigenvalue weighted by atomic mass is 16.2. The molecule has 2 rings (SSSR count). The highest BCUT2D eigenvalue weighted by Crippen LogP contribution is 2.09. The van der Waals surface area contributed by atoms with Gasteiger partial charge in [0.15, 0.2) is 0 Å². The van der Waals surface area contributed by atoms with E-state index in [1.807, 2.05) is 17.2 Å². The van der Waals surface area contributed by atoms with Gasteiger partial charge in [0, 0.05) is 44.5 Å². The number of carbonyl (C=O) groups excluding carboxylic acids is 1. The van der Waals surface area contributed by atoms with Crippen LogP contribution >= 0.6 is 0 Å². The minimum Gasteiger partial charge on any atom is -0.343 e. The highest BCUT2D eigenvalue weighted by Gasteiger charge is 2.19. The summed E-state index contributed by atoms with van der Waals surface area (Å²) >= 11 is 0. The van der Waals surface area contributed by atoms with Crippen LogP contribution < -0.4 is 5.73 Å². The lowest BCUT2D eigenvalue weighted by atomic mass is 10.1. The van der Waals surface area contributed by atoms with Crippen LogP contribution in [0.15, 0.2) is 18.5 Å². The molecule has 1 fully saturated rings. The molecule has 16 heavy (non-hydrogen) atoms. The topological polar surface area (TPSA) is 64.2 Å². The maximum atomic E-state index is 11.8. The molecule has 2 heterocycles. The molecule has 0 bridgehead atoms. The third kappa shape index (κ3) is 2.82. The number of hydrogen-bond acceptors (Lipinski definition) is 3. The molecule has 88 valence electrons. The molecule has 0 radical (unpaired) electrons. The van der Waals surface area contributed by atoms with Crippen molar-refractivity contribution >= 4 is 5.91 Å². The summed E-state index contributed by atoms with van der Waals surface area (Å²) in [4.78, 5) is 13.8. The lowest BCUT2D eigenvalue weighted by Crippen LogP contribution is -2.43. The molecule has 1 aliphatic heterocycles. The number of nitrogens with two attached hydrogens (primary N) is 1. The van der Waals surface area contributed by atoms with Gasteiger partial charge in [0.2, 0.25) is 5.91 Å². The number of aryl methyl sites for hydroxylation is 1. The first kappa shape index (κ1) is 11.1. The van der Waals surface area contributed by atoms with Gasteiger partial charge >= 0.3 is 0 Å². The molecule has 0 spiro atoms. The van der Waals surface area contributed by atoms with E-state index in [1.165, 1.54) is 0 Å². The Morgan fingerprint density at radius 2 is 2.19 bits per heavy atom. The van der Waals surface area contributed by atoms with Crippen molar-refractivity contribution in [2.45, 2.75) is 31.8 Å². The van der Waals surface area contributed by atoms with Gasteiger partial charge in [-0.1, -0.05) is 0 Å². The van der Waals surface area contributed by atoms with E-state index in [1.54, 1.807) is 10.9 Å². The van der Waals surface area contributed by atoms with E-state index in [4.69, 9.17) is 5.73 Å². The number of likely N-dealkylation sites (tertiary alicyclic amines) is 1. The zero-order chi connectivity index (χ0) is 11.4. The van der Waals surface area contributed by atoms with Gasteiger partial charge < -0.3 is 10.6 Å². The van der Waals surface area contributed by atoms with Crippen LogP contribution in [0.1, 0.15) is 19.3 Å². The second-order valence-corrected chi connectivity index (χ2v) is 4.24. The first-order valence-corrected chi connectivity index (χ1v) is 5.76. The molecule has 0 aliphatic carbocycles. The minimum atomic E-state index is 0.211. The van der Waals surface area contributed by atoms with Crippen molar-refractivity contribution in [2.75, 3.05) is 13.1 Å². The monoisotopic (exact) mass is 222 g/mol. The van der Waals surface area contributed by atoms with Crippen LogP contribution in [-0.2, 0) is 11.3 Å². The second kappa shape index (κ2) is 5.12. The van der Waals surface area contributed by atoms with Gasteiger partial charge in [-0.05, 0) is 18.9 Å². The van der Waals surface area contributed by atoms with E-state index in [-0.39, 0.29) is 11.9 Å². The molecule has 1 saturated heterocycles.